The van der Waals surface area contributed by atoms with Crippen LogP contribution >= 0.6 is 7.82 Å². The predicted octanol–water partition coefficient (Wildman–Crippen LogP) is 7.36. The Kier molecular flexibility index (Phi) is 32.8. The van der Waals surface area contributed by atoms with Crippen molar-refractivity contribution in [2.75, 3.05) is 13.2 Å². The molecule has 14 nitrogen and oxygen atoms in total. The third kappa shape index (κ3) is 27.7. The molecule has 0 aromatic heterocycles. The van der Waals surface area contributed by atoms with Crippen LogP contribution in [-0.4, -0.2) is 110 Å². The number of esters is 2. The summed E-state index contributed by atoms with van der Waals surface area (Å²) < 4.78 is 33.4. The number of phosphoric acid groups is 1. The lowest BCUT2D eigenvalue weighted by Crippen LogP contribution is -2.64. The van der Waals surface area contributed by atoms with Crippen molar-refractivity contribution in [3.05, 3.63) is 48.6 Å². The van der Waals surface area contributed by atoms with Gasteiger partial charge < -0.3 is 45.0 Å². The summed E-state index contributed by atoms with van der Waals surface area (Å²) in [4.78, 5) is 35.6. The highest BCUT2D eigenvalue weighted by atomic mass is 31.2. The SMILES string of the molecule is CCCCCCCCCCCCCCCC(=O)OCC(COP(=O)(O)OC1C(O)C(O)C(O)C(O)C1O)OC(=O)CCC/C=C\C/C=C\C/C=C\C/C=C\CCC(O)CC. The molecular weight excluding hydrogens is 795 g/mol. The number of aliphatic hydroxyl groups is 6. The van der Waals surface area contributed by atoms with Crippen molar-refractivity contribution in [3.63, 3.8) is 0 Å². The first kappa shape index (κ1) is 55.8. The lowest BCUT2D eigenvalue weighted by Gasteiger charge is -2.41. The van der Waals surface area contributed by atoms with E-state index >= 15 is 0 Å². The second kappa shape index (κ2) is 35.3. The maximum Gasteiger partial charge on any atom is 0.472 e. The van der Waals surface area contributed by atoms with Gasteiger partial charge in [0, 0.05) is 12.8 Å². The van der Waals surface area contributed by atoms with Gasteiger partial charge in [0.15, 0.2) is 6.10 Å². The van der Waals surface area contributed by atoms with Crippen LogP contribution in [0.15, 0.2) is 48.6 Å². The molecule has 348 valence electrons. The molecule has 0 aromatic rings. The van der Waals surface area contributed by atoms with E-state index in [2.05, 4.69) is 43.4 Å². The first-order chi connectivity index (χ1) is 28.8. The highest BCUT2D eigenvalue weighted by Gasteiger charge is 2.51. The molecule has 0 spiro atoms. The Morgan fingerprint density at radius 1 is 0.583 bits per heavy atom. The standard InChI is InChI=1S/C45H79O14P/c1-3-5-6-7-8-9-10-13-17-20-23-26-29-32-38(47)56-34-37(35-57-60(54,55)59-45-43(52)41(50)40(49)42(51)44(45)53)58-39(48)33-30-27-24-21-18-15-12-11-14-16-19-22-25-28-31-36(46)4-2/h12,14-16,21-22,24-25,36-37,40-46,49-53H,3-11,13,17-20,23,26-35H2,1-2H3,(H,54,55)/b15-12-,16-14-,24-21-,25-22-. The van der Waals surface area contributed by atoms with Gasteiger partial charge in [-0.25, -0.2) is 4.57 Å². The van der Waals surface area contributed by atoms with E-state index in [1.807, 2.05) is 19.1 Å². The Hall–Kier alpha value is -2.23. The second-order valence-corrected chi connectivity index (χ2v) is 17.1. The predicted molar refractivity (Wildman–Crippen MR) is 232 cm³/mol. The Morgan fingerprint density at radius 2 is 1.03 bits per heavy atom. The van der Waals surface area contributed by atoms with Crippen LogP contribution in [0.2, 0.25) is 0 Å². The fraction of sp³-hybridized carbons (Fsp3) is 0.778. The first-order valence-corrected chi connectivity index (χ1v) is 24.0. The van der Waals surface area contributed by atoms with Gasteiger partial charge >= 0.3 is 19.8 Å². The lowest BCUT2D eigenvalue weighted by atomic mass is 9.85. The van der Waals surface area contributed by atoms with Gasteiger partial charge in [0.05, 0.1) is 12.7 Å². The van der Waals surface area contributed by atoms with E-state index in [0.29, 0.717) is 19.3 Å². The fourth-order valence-corrected chi connectivity index (χ4v) is 7.47. The maximum atomic E-state index is 12.8. The van der Waals surface area contributed by atoms with E-state index < -0.39 is 75.7 Å². The Bertz CT molecular complexity index is 1260. The average molecular weight is 875 g/mol. The number of hydrogen-bond acceptors (Lipinski definition) is 13. The average Bonchev–Trinajstić information content (AvgIpc) is 3.23. The summed E-state index contributed by atoms with van der Waals surface area (Å²) in [5, 5.41) is 59.6. The molecule has 0 aromatic carbocycles. The van der Waals surface area contributed by atoms with Crippen LogP contribution in [0.3, 0.4) is 0 Å². The van der Waals surface area contributed by atoms with Crippen molar-refractivity contribution in [3.8, 4) is 0 Å². The number of carbonyl (C=O) groups is 2. The zero-order chi connectivity index (χ0) is 44.4. The van der Waals surface area contributed by atoms with Crippen LogP contribution < -0.4 is 0 Å². The normalized spacial score (nSPS) is 23.1. The number of hydrogen-bond donors (Lipinski definition) is 7. The summed E-state index contributed by atoms with van der Waals surface area (Å²) in [6.07, 6.45) is 24.0. The highest BCUT2D eigenvalue weighted by molar-refractivity contribution is 7.47. The van der Waals surface area contributed by atoms with Crippen molar-refractivity contribution in [2.45, 2.75) is 210 Å². The van der Waals surface area contributed by atoms with Gasteiger partial charge in [-0.2, -0.15) is 0 Å². The Labute approximate surface area is 359 Å². The summed E-state index contributed by atoms with van der Waals surface area (Å²) in [5.41, 5.74) is 0. The van der Waals surface area contributed by atoms with Crippen LogP contribution in [0.4, 0.5) is 0 Å². The van der Waals surface area contributed by atoms with Crippen molar-refractivity contribution in [1.29, 1.82) is 0 Å². The summed E-state index contributed by atoms with van der Waals surface area (Å²) in [6, 6.07) is 0. The molecule has 15 heteroatoms. The number of allylic oxidation sites excluding steroid dienone is 8. The maximum absolute atomic E-state index is 12.8. The largest absolute Gasteiger partial charge is 0.472 e. The third-order valence-corrected chi connectivity index (χ3v) is 11.3. The van der Waals surface area contributed by atoms with Crippen LogP contribution in [0.25, 0.3) is 0 Å². The molecular formula is C45H79O14P. The molecule has 0 radical (unpaired) electrons. The lowest BCUT2D eigenvalue weighted by molar-refractivity contribution is -0.220. The number of carbonyl (C=O) groups excluding carboxylic acids is 2. The quantitative estimate of drug-likeness (QED) is 0.0141. The van der Waals surface area contributed by atoms with E-state index in [0.717, 1.165) is 57.8 Å². The number of phosphoric ester groups is 1. The second-order valence-electron chi connectivity index (χ2n) is 15.7. The van der Waals surface area contributed by atoms with Gasteiger partial charge in [-0.15, -0.1) is 0 Å². The molecule has 7 N–H and O–H groups in total. The molecule has 0 heterocycles. The van der Waals surface area contributed by atoms with Gasteiger partial charge in [-0.05, 0) is 57.8 Å². The van der Waals surface area contributed by atoms with E-state index in [9.17, 15) is 49.7 Å². The van der Waals surface area contributed by atoms with Crippen molar-refractivity contribution < 1.29 is 68.2 Å². The van der Waals surface area contributed by atoms with Crippen molar-refractivity contribution >= 4 is 19.8 Å². The summed E-state index contributed by atoms with van der Waals surface area (Å²) in [6.45, 7) is 2.96. The van der Waals surface area contributed by atoms with Gasteiger partial charge in [0.25, 0.3) is 0 Å². The van der Waals surface area contributed by atoms with Crippen molar-refractivity contribution in [1.82, 2.24) is 0 Å². The summed E-state index contributed by atoms with van der Waals surface area (Å²) >= 11 is 0. The molecule has 1 aliphatic rings. The minimum Gasteiger partial charge on any atom is -0.462 e. The zero-order valence-electron chi connectivity index (χ0n) is 36.4. The first-order valence-electron chi connectivity index (χ1n) is 22.5. The van der Waals surface area contributed by atoms with E-state index in [4.69, 9.17) is 18.5 Å². The minimum atomic E-state index is -5.14. The van der Waals surface area contributed by atoms with Gasteiger partial charge in [0.2, 0.25) is 0 Å². The number of aliphatic hydroxyl groups excluding tert-OH is 6. The molecule has 1 aliphatic carbocycles. The Balaban J connectivity index is 2.52. The molecule has 0 amide bonds. The number of ether oxygens (including phenoxy) is 2. The molecule has 0 bridgehead atoms. The van der Waals surface area contributed by atoms with Crippen LogP contribution in [0.1, 0.15) is 162 Å². The molecule has 7 atom stereocenters. The number of rotatable bonds is 36. The topological polar surface area (TPSA) is 230 Å². The summed E-state index contributed by atoms with van der Waals surface area (Å²) in [7, 11) is -5.14. The fourth-order valence-electron chi connectivity index (χ4n) is 6.49. The molecule has 1 saturated carbocycles. The van der Waals surface area contributed by atoms with Crippen LogP contribution in [0, 0.1) is 0 Å². The number of unbranched alkanes of at least 4 members (excludes halogenated alkanes) is 13. The molecule has 0 aliphatic heterocycles. The molecule has 0 saturated heterocycles. The molecule has 1 fully saturated rings. The zero-order valence-corrected chi connectivity index (χ0v) is 37.2. The minimum absolute atomic E-state index is 0.00780. The van der Waals surface area contributed by atoms with Crippen molar-refractivity contribution in [2.24, 2.45) is 0 Å². The van der Waals surface area contributed by atoms with Gasteiger partial charge in [-0.3, -0.25) is 18.6 Å². The molecule has 1 rings (SSSR count). The van der Waals surface area contributed by atoms with Gasteiger partial charge in [0.1, 0.15) is 43.2 Å². The van der Waals surface area contributed by atoms with E-state index in [1.54, 1.807) is 0 Å². The monoisotopic (exact) mass is 875 g/mol. The van der Waals surface area contributed by atoms with Crippen LogP contribution in [-0.2, 0) is 32.7 Å². The van der Waals surface area contributed by atoms with Gasteiger partial charge in [-0.1, -0.05) is 140 Å². The smallest absolute Gasteiger partial charge is 0.462 e. The third-order valence-electron chi connectivity index (χ3n) is 10.3. The highest BCUT2D eigenvalue weighted by Crippen LogP contribution is 2.47. The Morgan fingerprint density at radius 3 is 1.55 bits per heavy atom. The van der Waals surface area contributed by atoms with E-state index in [-0.39, 0.29) is 18.9 Å². The van der Waals surface area contributed by atoms with E-state index in [1.165, 1.54) is 57.8 Å². The van der Waals surface area contributed by atoms with Crippen LogP contribution in [0.5, 0.6) is 0 Å². The molecule has 7 unspecified atom stereocenters. The molecule has 60 heavy (non-hydrogen) atoms. The summed E-state index contributed by atoms with van der Waals surface area (Å²) in [5.74, 6) is -1.18.